The van der Waals surface area contributed by atoms with E-state index in [4.69, 9.17) is 0 Å². The van der Waals surface area contributed by atoms with Crippen LogP contribution in [-0.4, -0.2) is 51.5 Å². The second-order valence-electron chi connectivity index (χ2n) is 15.0. The van der Waals surface area contributed by atoms with Crippen molar-refractivity contribution >= 4 is 17.1 Å². The maximum atomic E-state index is 2.55. The summed E-state index contributed by atoms with van der Waals surface area (Å²) in [6, 6.07) is 47.0. The van der Waals surface area contributed by atoms with E-state index in [-0.39, 0.29) is 0 Å². The molecule has 6 aromatic rings. The normalized spacial score (nSPS) is 9.62. The predicted octanol–water partition coefficient (Wildman–Crippen LogP) is 23.4. The van der Waals surface area contributed by atoms with Gasteiger partial charge in [0.25, 0.3) is 0 Å². The van der Waals surface area contributed by atoms with Crippen molar-refractivity contribution in [3.8, 4) is 33.4 Å². The fraction of sp³-hybridized carbons (Fsp3) is 0.514. The molecule has 442 valence electrons. The highest BCUT2D eigenvalue weighted by atomic mass is 15.3. The summed E-state index contributed by atoms with van der Waals surface area (Å²) in [5.41, 5.74) is 21.3. The van der Waals surface area contributed by atoms with Crippen molar-refractivity contribution in [3.05, 3.63) is 161 Å². The first-order valence-electron chi connectivity index (χ1n) is 32.1. The quantitative estimate of drug-likeness (QED) is 0.120. The van der Waals surface area contributed by atoms with Crippen LogP contribution in [-0.2, 0) is 19.3 Å². The van der Waals surface area contributed by atoms with Crippen molar-refractivity contribution in [1.29, 1.82) is 0 Å². The van der Waals surface area contributed by atoms with E-state index in [9.17, 15) is 0 Å². The Kier molecular flexibility index (Phi) is 56.1. The predicted molar refractivity (Wildman–Crippen MR) is 367 cm³/mol. The topological polar surface area (TPSA) is 13.0 Å². The highest BCUT2D eigenvalue weighted by Gasteiger charge is 2.27. The Morgan fingerprint density at radius 1 is 0.256 bits per heavy atom. The fourth-order valence-electron chi connectivity index (χ4n) is 8.93. The molecule has 4 heteroatoms. The molecule has 78 heavy (non-hydrogen) atoms. The van der Waals surface area contributed by atoms with Gasteiger partial charge < -0.3 is 14.7 Å². The Labute approximate surface area is 488 Å². The summed E-state index contributed by atoms with van der Waals surface area (Å²) < 4.78 is 0. The zero-order chi connectivity index (χ0) is 61.2. The van der Waals surface area contributed by atoms with Gasteiger partial charge in [0, 0.05) is 53.4 Å². The Hall–Kier alpha value is -5.32. The van der Waals surface area contributed by atoms with Gasteiger partial charge in [-0.1, -0.05) is 282 Å². The molecule has 6 aromatic carbocycles. The van der Waals surface area contributed by atoms with Gasteiger partial charge in [-0.2, -0.15) is 0 Å². The number of benzene rings is 6. The van der Waals surface area contributed by atoms with Gasteiger partial charge in [-0.05, 0) is 122 Å². The third-order valence-electron chi connectivity index (χ3n) is 11.8. The number of hydrogen-bond donors (Lipinski definition) is 0. The van der Waals surface area contributed by atoms with Crippen LogP contribution in [0, 0.1) is 0 Å². The lowest BCUT2D eigenvalue weighted by atomic mass is 10.0. The number of fused-ring (bicyclic) bond motifs is 9. The molecule has 0 spiro atoms. The first-order chi connectivity index (χ1) is 38.5. The number of anilines is 3. The minimum atomic E-state index is 0.879. The fourth-order valence-corrected chi connectivity index (χ4v) is 8.93. The molecule has 3 aliphatic rings. The van der Waals surface area contributed by atoms with E-state index in [0.717, 1.165) is 58.8 Å². The zero-order valence-electron chi connectivity index (χ0n) is 56.8. The van der Waals surface area contributed by atoms with Crippen LogP contribution in [0.15, 0.2) is 127 Å². The smallest absolute Gasteiger partial charge is 0.0902 e. The van der Waals surface area contributed by atoms with E-state index >= 15 is 0 Å². The van der Waals surface area contributed by atoms with Crippen LogP contribution >= 0.6 is 0 Å². The van der Waals surface area contributed by atoms with Crippen LogP contribution in [0.4, 0.5) is 17.1 Å². The number of nitrogens with zero attached hydrogens (tertiary/aromatic N) is 4. The minimum Gasteiger partial charge on any atom is -0.358 e. The molecule has 0 saturated carbocycles. The Morgan fingerprint density at radius 2 is 0.474 bits per heavy atom. The van der Waals surface area contributed by atoms with E-state index in [1.165, 1.54) is 83.8 Å². The van der Waals surface area contributed by atoms with Gasteiger partial charge in [-0.25, -0.2) is 0 Å². The van der Waals surface area contributed by atoms with Crippen LogP contribution < -0.4 is 14.7 Å². The second-order valence-corrected chi connectivity index (χ2v) is 15.0. The molecular formula is C74H126N4. The summed E-state index contributed by atoms with van der Waals surface area (Å²) in [6.07, 6.45) is 3.15. The van der Waals surface area contributed by atoms with Crippen molar-refractivity contribution in [2.75, 3.05) is 61.3 Å². The molecule has 0 saturated heterocycles. The molecule has 0 N–H and O–H groups in total. The molecule has 0 unspecified atom stereocenters. The number of rotatable bonds is 11. The molecule has 0 radical (unpaired) electrons. The lowest BCUT2D eigenvalue weighted by Crippen LogP contribution is -2.38. The van der Waals surface area contributed by atoms with Crippen molar-refractivity contribution < 1.29 is 0 Å². The summed E-state index contributed by atoms with van der Waals surface area (Å²) >= 11 is 0. The van der Waals surface area contributed by atoms with Gasteiger partial charge in [-0.15, -0.1) is 0 Å². The highest BCUT2D eigenvalue weighted by Crippen LogP contribution is 2.46. The third kappa shape index (κ3) is 23.2. The second kappa shape index (κ2) is 53.7. The molecular weight excluding hydrogens is 945 g/mol. The molecule has 0 fully saturated rings. The Bertz CT molecular complexity index is 2170. The average molecular weight is 1070 g/mol. The average Bonchev–Trinajstić information content (AvgIpc) is 4.28. The lowest BCUT2D eigenvalue weighted by molar-refractivity contribution is 0.351. The molecule has 0 bridgehead atoms. The van der Waals surface area contributed by atoms with Gasteiger partial charge in [0.1, 0.15) is 0 Å². The zero-order valence-corrected chi connectivity index (χ0v) is 56.8. The maximum Gasteiger partial charge on any atom is 0.0902 e. The molecule has 3 aliphatic carbocycles. The van der Waals surface area contributed by atoms with Crippen LogP contribution in [0.5, 0.6) is 0 Å². The summed E-state index contributed by atoms with van der Waals surface area (Å²) in [5.74, 6) is 0. The van der Waals surface area contributed by atoms with Crippen molar-refractivity contribution in [2.24, 2.45) is 0 Å². The van der Waals surface area contributed by atoms with E-state index < -0.39 is 0 Å². The number of hydrogen-bond acceptors (Lipinski definition) is 4. The third-order valence-corrected chi connectivity index (χ3v) is 11.8. The molecule has 0 aliphatic heterocycles. The van der Waals surface area contributed by atoms with E-state index in [0.29, 0.717) is 0 Å². The molecule has 0 amide bonds. The van der Waals surface area contributed by atoms with Gasteiger partial charge in [0.05, 0.1) is 13.3 Å². The van der Waals surface area contributed by atoms with Gasteiger partial charge >= 0.3 is 0 Å². The van der Waals surface area contributed by atoms with Crippen LogP contribution in [0.1, 0.15) is 227 Å². The largest absolute Gasteiger partial charge is 0.358 e. The highest BCUT2D eigenvalue weighted by molar-refractivity contribution is 5.90. The Morgan fingerprint density at radius 3 is 0.705 bits per heavy atom. The molecule has 0 heterocycles. The van der Waals surface area contributed by atoms with Gasteiger partial charge in [0.2, 0.25) is 0 Å². The maximum absolute atomic E-state index is 2.55. The van der Waals surface area contributed by atoms with E-state index in [1.807, 2.05) is 166 Å². The summed E-state index contributed by atoms with van der Waals surface area (Å²) in [6.45, 7) is 62.9. The molecule has 4 nitrogen and oxygen atoms in total. The van der Waals surface area contributed by atoms with Crippen molar-refractivity contribution in [1.82, 2.24) is 4.90 Å². The first-order valence-corrected chi connectivity index (χ1v) is 32.1. The molecule has 0 aromatic heterocycles. The van der Waals surface area contributed by atoms with Crippen LogP contribution in [0.3, 0.4) is 0 Å². The summed E-state index contributed by atoms with van der Waals surface area (Å²) in [7, 11) is 2.18. The van der Waals surface area contributed by atoms with E-state index in [2.05, 4.69) is 182 Å². The summed E-state index contributed by atoms with van der Waals surface area (Å²) in [4.78, 5) is 9.92. The first kappa shape index (κ1) is 81.5. The van der Waals surface area contributed by atoms with Crippen molar-refractivity contribution in [3.63, 3.8) is 0 Å². The standard InChI is InChI=1S/C31H30N2.C19H24N2.12C2H6/c1-3-32(28-17-9-13-24-19-22-11-5-7-15-26(22)30(24)28)21-33(4-2)29-18-10-14-25-20-23-12-6-8-16-27(23)31(25)29;1-4-20(3)14-21(5-2)18-12-8-10-16-13-15-9-6-7-11-17(15)19(16)18;12*1-2/h5-18H,3-4,19-21H2,1-2H3;6-12H,4-5,13-14H2,1-3H3;12*1-2H3. The van der Waals surface area contributed by atoms with Gasteiger partial charge in [-0.3, -0.25) is 4.90 Å². The van der Waals surface area contributed by atoms with E-state index in [1.54, 1.807) is 0 Å². The SMILES string of the molecule is CC.CC.CC.CC.CC.CC.CC.CC.CC.CC.CC.CC.CCN(C)CN(CC)c1cccc2c1-c1ccccc1C2.CCN(CN(CC)c1cccc2c1-c1ccccc1C2)c1cccc2c1-c1ccccc1C2. The van der Waals surface area contributed by atoms with Crippen LogP contribution in [0.25, 0.3) is 33.4 Å². The molecule has 9 rings (SSSR count). The lowest BCUT2D eigenvalue weighted by Gasteiger charge is -2.34. The van der Waals surface area contributed by atoms with Gasteiger partial charge in [0.15, 0.2) is 0 Å². The van der Waals surface area contributed by atoms with Crippen molar-refractivity contribution in [2.45, 2.75) is 213 Å². The van der Waals surface area contributed by atoms with Crippen LogP contribution in [0.2, 0.25) is 0 Å². The Balaban J connectivity index is -0.000000342. The monoisotopic (exact) mass is 1070 g/mol. The minimum absolute atomic E-state index is 0.879. The summed E-state index contributed by atoms with van der Waals surface area (Å²) in [5, 5.41) is 0. The molecule has 0 atom stereocenters.